The largest absolute Gasteiger partial charge is 0.458 e. The van der Waals surface area contributed by atoms with Crippen molar-refractivity contribution >= 4 is 11.9 Å². The molecule has 1 aliphatic carbocycles. The van der Waals surface area contributed by atoms with E-state index in [1.54, 1.807) is 12.2 Å². The van der Waals surface area contributed by atoms with E-state index < -0.39 is 0 Å². The predicted octanol–water partition coefficient (Wildman–Crippen LogP) is 0.810. The second-order valence-corrected chi connectivity index (χ2v) is 2.92. The summed E-state index contributed by atoms with van der Waals surface area (Å²) in [4.78, 5) is 21.1. The number of hydrogen-bond donors (Lipinski definition) is 0. The molecule has 0 unspecified atom stereocenters. The molecule has 13 heavy (non-hydrogen) atoms. The highest BCUT2D eigenvalue weighted by molar-refractivity contribution is 5.67. The molecule has 0 aliphatic heterocycles. The first-order chi connectivity index (χ1) is 6.08. The molecule has 0 fully saturated rings. The first-order valence-electron chi connectivity index (χ1n) is 4.10. The summed E-state index contributed by atoms with van der Waals surface area (Å²) >= 11 is 0. The van der Waals surface area contributed by atoms with Gasteiger partial charge in [-0.2, -0.15) is 0 Å². The fraction of sp³-hybridized carbons (Fsp3) is 0.556. The van der Waals surface area contributed by atoms with E-state index >= 15 is 0 Å². The third-order valence-corrected chi connectivity index (χ3v) is 1.64. The van der Waals surface area contributed by atoms with Crippen LogP contribution in [0.2, 0.25) is 0 Å². The van der Waals surface area contributed by atoms with Gasteiger partial charge in [-0.25, -0.2) is 0 Å². The minimum absolute atomic E-state index is 0.248. The van der Waals surface area contributed by atoms with Crippen molar-refractivity contribution in [3.05, 3.63) is 12.2 Å². The molecule has 0 amide bonds. The van der Waals surface area contributed by atoms with Crippen LogP contribution in [-0.2, 0) is 19.1 Å². The van der Waals surface area contributed by atoms with Gasteiger partial charge < -0.3 is 9.47 Å². The highest BCUT2D eigenvalue weighted by Crippen LogP contribution is 2.17. The van der Waals surface area contributed by atoms with Crippen LogP contribution >= 0.6 is 0 Å². The monoisotopic (exact) mass is 184 g/mol. The number of hydrogen-bond acceptors (Lipinski definition) is 4. The normalized spacial score (nSPS) is 25.7. The highest BCUT2D eigenvalue weighted by atomic mass is 16.6. The Labute approximate surface area is 76.5 Å². The summed E-state index contributed by atoms with van der Waals surface area (Å²) in [6.07, 6.45) is 3.49. The fourth-order valence-electron chi connectivity index (χ4n) is 1.24. The zero-order valence-corrected chi connectivity index (χ0v) is 7.65. The van der Waals surface area contributed by atoms with Crippen LogP contribution in [0.25, 0.3) is 0 Å². The van der Waals surface area contributed by atoms with E-state index in [1.807, 2.05) is 0 Å². The third kappa shape index (κ3) is 3.27. The van der Waals surface area contributed by atoms with Crippen molar-refractivity contribution in [3.63, 3.8) is 0 Å². The average molecular weight is 184 g/mol. The molecule has 4 nitrogen and oxygen atoms in total. The number of ether oxygens (including phenoxy) is 2. The zero-order valence-electron chi connectivity index (χ0n) is 7.65. The molecule has 0 radical (unpaired) electrons. The van der Waals surface area contributed by atoms with Gasteiger partial charge in [0.1, 0.15) is 12.2 Å². The van der Waals surface area contributed by atoms with Crippen LogP contribution in [0.5, 0.6) is 0 Å². The minimum Gasteiger partial charge on any atom is -0.458 e. The van der Waals surface area contributed by atoms with Gasteiger partial charge in [-0.15, -0.1) is 0 Å². The van der Waals surface area contributed by atoms with Gasteiger partial charge >= 0.3 is 11.9 Å². The Kier molecular flexibility index (Phi) is 3.06. The van der Waals surface area contributed by atoms with Crippen molar-refractivity contribution < 1.29 is 19.1 Å². The maximum atomic E-state index is 10.6. The molecule has 0 heterocycles. The molecule has 0 N–H and O–H groups in total. The van der Waals surface area contributed by atoms with Crippen molar-refractivity contribution in [2.24, 2.45) is 0 Å². The standard InChI is InChI=1S/C9H12O4/c1-6(10)12-8-3-4-9(5-8)13-7(2)11/h3-4,8-9H,5H2,1-2H3/t8-,9+. The molecule has 1 rings (SSSR count). The molecule has 0 aromatic heterocycles. The lowest BCUT2D eigenvalue weighted by molar-refractivity contribution is -0.147. The highest BCUT2D eigenvalue weighted by Gasteiger charge is 2.22. The molecule has 0 aromatic carbocycles. The summed E-state index contributed by atoms with van der Waals surface area (Å²) in [5, 5.41) is 0. The summed E-state index contributed by atoms with van der Waals surface area (Å²) in [6.45, 7) is 2.71. The molecular formula is C9H12O4. The molecule has 0 saturated carbocycles. The van der Waals surface area contributed by atoms with Crippen molar-refractivity contribution in [1.82, 2.24) is 0 Å². The van der Waals surface area contributed by atoms with E-state index in [4.69, 9.17) is 9.47 Å². The van der Waals surface area contributed by atoms with Crippen LogP contribution in [0.1, 0.15) is 20.3 Å². The van der Waals surface area contributed by atoms with Crippen molar-refractivity contribution in [2.45, 2.75) is 32.5 Å². The van der Waals surface area contributed by atoms with Gasteiger partial charge in [-0.3, -0.25) is 9.59 Å². The van der Waals surface area contributed by atoms with Crippen molar-refractivity contribution in [1.29, 1.82) is 0 Å². The van der Waals surface area contributed by atoms with E-state index in [0.29, 0.717) is 6.42 Å². The zero-order chi connectivity index (χ0) is 9.84. The minimum atomic E-state index is -0.321. The Hall–Kier alpha value is -1.32. The van der Waals surface area contributed by atoms with Gasteiger partial charge in [-0.05, 0) is 12.2 Å². The molecule has 72 valence electrons. The van der Waals surface area contributed by atoms with Gasteiger partial charge in [-0.1, -0.05) is 0 Å². The Morgan fingerprint density at radius 2 is 1.46 bits per heavy atom. The fourth-order valence-corrected chi connectivity index (χ4v) is 1.24. The molecule has 4 heteroatoms. The molecule has 0 bridgehead atoms. The van der Waals surface area contributed by atoms with E-state index in [0.717, 1.165) is 0 Å². The quantitative estimate of drug-likeness (QED) is 0.470. The van der Waals surface area contributed by atoms with Crippen LogP contribution in [0.3, 0.4) is 0 Å². The van der Waals surface area contributed by atoms with Gasteiger partial charge in [0, 0.05) is 20.3 Å². The maximum Gasteiger partial charge on any atom is 0.303 e. The third-order valence-electron chi connectivity index (χ3n) is 1.64. The van der Waals surface area contributed by atoms with Crippen molar-refractivity contribution in [3.8, 4) is 0 Å². The molecule has 0 saturated heterocycles. The van der Waals surface area contributed by atoms with E-state index in [-0.39, 0.29) is 24.1 Å². The van der Waals surface area contributed by atoms with Gasteiger partial charge in [0.2, 0.25) is 0 Å². The van der Waals surface area contributed by atoms with E-state index in [2.05, 4.69) is 0 Å². The number of rotatable bonds is 2. The van der Waals surface area contributed by atoms with Crippen LogP contribution in [0.4, 0.5) is 0 Å². The Bertz CT molecular complexity index is 220. The first-order valence-corrected chi connectivity index (χ1v) is 4.10. The molecule has 2 atom stereocenters. The van der Waals surface area contributed by atoms with E-state index in [1.165, 1.54) is 13.8 Å². The molecular weight excluding hydrogens is 172 g/mol. The summed E-state index contributed by atoms with van der Waals surface area (Å²) < 4.78 is 9.81. The van der Waals surface area contributed by atoms with Crippen LogP contribution in [0, 0.1) is 0 Å². The Morgan fingerprint density at radius 1 is 1.08 bits per heavy atom. The summed E-state index contributed by atoms with van der Waals surface area (Å²) in [5.74, 6) is -0.642. The topological polar surface area (TPSA) is 52.6 Å². The van der Waals surface area contributed by atoms with Gasteiger partial charge in [0.15, 0.2) is 0 Å². The lowest BCUT2D eigenvalue weighted by Gasteiger charge is -2.11. The predicted molar refractivity (Wildman–Crippen MR) is 44.9 cm³/mol. The number of esters is 2. The first kappa shape index (κ1) is 9.77. The summed E-state index contributed by atoms with van der Waals surface area (Å²) in [6, 6.07) is 0. The SMILES string of the molecule is CC(=O)O[C@@H]1C=C[C@H](OC(C)=O)C1. The average Bonchev–Trinajstić information content (AvgIpc) is 2.33. The van der Waals surface area contributed by atoms with E-state index in [9.17, 15) is 9.59 Å². The second-order valence-electron chi connectivity index (χ2n) is 2.92. The smallest absolute Gasteiger partial charge is 0.303 e. The lowest BCUT2D eigenvalue weighted by atomic mass is 10.3. The molecule has 0 aromatic rings. The van der Waals surface area contributed by atoms with Crippen LogP contribution < -0.4 is 0 Å². The lowest BCUT2D eigenvalue weighted by Crippen LogP contribution is -2.17. The van der Waals surface area contributed by atoms with Crippen LogP contribution in [0.15, 0.2) is 12.2 Å². The Morgan fingerprint density at radius 3 is 1.77 bits per heavy atom. The summed E-state index contributed by atoms with van der Waals surface area (Å²) in [7, 11) is 0. The molecule has 1 aliphatic rings. The van der Waals surface area contributed by atoms with Crippen molar-refractivity contribution in [2.75, 3.05) is 0 Å². The van der Waals surface area contributed by atoms with Gasteiger partial charge in [0.25, 0.3) is 0 Å². The Balaban J connectivity index is 2.33. The van der Waals surface area contributed by atoms with Gasteiger partial charge in [0.05, 0.1) is 0 Å². The number of carbonyl (C=O) groups is 2. The molecule has 0 spiro atoms. The number of carbonyl (C=O) groups excluding carboxylic acids is 2. The second kappa shape index (κ2) is 4.07. The maximum absolute atomic E-state index is 10.6. The summed E-state index contributed by atoms with van der Waals surface area (Å²) in [5.41, 5.74) is 0. The van der Waals surface area contributed by atoms with Crippen LogP contribution in [-0.4, -0.2) is 24.1 Å².